The Morgan fingerprint density at radius 3 is 2.42 bits per heavy atom. The van der Waals surface area contributed by atoms with Gasteiger partial charge in [-0.1, -0.05) is 69.3 Å². The van der Waals surface area contributed by atoms with Crippen molar-refractivity contribution in [2.75, 3.05) is 0 Å². The molecule has 2 heterocycles. The molecule has 0 atom stereocenters. The summed E-state index contributed by atoms with van der Waals surface area (Å²) in [6.45, 7) is 6.79. The average molecular weight is 480 g/mol. The first-order valence-corrected chi connectivity index (χ1v) is 12.3. The zero-order chi connectivity index (χ0) is 25.1. The molecule has 0 aliphatic rings. The molecule has 3 aromatic carbocycles. The first kappa shape index (κ1) is 23.6. The fourth-order valence-electron chi connectivity index (χ4n) is 4.37. The molecule has 0 fully saturated rings. The minimum absolute atomic E-state index is 0.0780. The monoisotopic (exact) mass is 479 g/mol. The highest BCUT2D eigenvalue weighted by atomic mass is 16.5. The van der Waals surface area contributed by atoms with Crippen molar-refractivity contribution in [3.8, 4) is 11.5 Å². The molecule has 5 nitrogen and oxygen atoms in total. The van der Waals surface area contributed by atoms with E-state index in [2.05, 4.69) is 18.0 Å². The molecule has 5 heteroatoms. The number of nitrogens with zero attached hydrogens (tertiary/aromatic N) is 1. The predicted octanol–water partition coefficient (Wildman–Crippen LogP) is 7.19. The van der Waals surface area contributed by atoms with Gasteiger partial charge in [0.1, 0.15) is 41.4 Å². The van der Waals surface area contributed by atoms with Gasteiger partial charge in [0.05, 0.1) is 5.52 Å². The van der Waals surface area contributed by atoms with E-state index in [9.17, 15) is 4.79 Å². The van der Waals surface area contributed by atoms with E-state index >= 15 is 0 Å². The van der Waals surface area contributed by atoms with Crippen LogP contribution >= 0.6 is 0 Å². The lowest BCUT2D eigenvalue weighted by atomic mass is 10.1. The molecule has 0 aliphatic heterocycles. The fraction of sp³-hybridized carbons (Fsp3) is 0.226. The predicted molar refractivity (Wildman–Crippen MR) is 143 cm³/mol. The van der Waals surface area contributed by atoms with Crippen molar-refractivity contribution in [3.63, 3.8) is 0 Å². The molecular weight excluding hydrogens is 450 g/mol. The van der Waals surface area contributed by atoms with Crippen LogP contribution < -0.4 is 14.9 Å². The summed E-state index contributed by atoms with van der Waals surface area (Å²) in [5.41, 5.74) is 4.52. The summed E-state index contributed by atoms with van der Waals surface area (Å²) in [4.78, 5) is 17.6. The summed E-state index contributed by atoms with van der Waals surface area (Å²) in [6.07, 6.45) is 2.69. The molecule has 0 saturated heterocycles. The first-order chi connectivity index (χ1) is 17.5. The molecule has 2 aromatic heterocycles. The summed E-state index contributed by atoms with van der Waals surface area (Å²) < 4.78 is 18.6. The zero-order valence-corrected chi connectivity index (χ0v) is 20.8. The smallest absolute Gasteiger partial charge is 0.196 e. The molecular formula is C31H29NO4. The van der Waals surface area contributed by atoms with Gasteiger partial charge in [-0.3, -0.25) is 9.78 Å². The second-order valence-corrected chi connectivity index (χ2v) is 9.15. The van der Waals surface area contributed by atoms with Crippen LogP contribution in [0.4, 0.5) is 0 Å². The number of benzene rings is 3. The molecule has 0 amide bonds. The normalized spacial score (nSPS) is 11.3. The van der Waals surface area contributed by atoms with E-state index in [1.165, 1.54) is 5.56 Å². The Kier molecular flexibility index (Phi) is 6.72. The van der Waals surface area contributed by atoms with Crippen LogP contribution in [0, 0.1) is 0 Å². The minimum Gasteiger partial charge on any atom is -0.489 e. The highest BCUT2D eigenvalue weighted by Crippen LogP contribution is 2.32. The van der Waals surface area contributed by atoms with Crippen molar-refractivity contribution in [1.82, 2.24) is 4.98 Å². The maximum Gasteiger partial charge on any atom is 0.196 e. The number of hydrogen-bond acceptors (Lipinski definition) is 5. The maximum absolute atomic E-state index is 13.1. The third kappa shape index (κ3) is 4.82. The summed E-state index contributed by atoms with van der Waals surface area (Å²) in [7, 11) is 0. The third-order valence-corrected chi connectivity index (χ3v) is 6.35. The quantitative estimate of drug-likeness (QED) is 0.236. The number of hydrogen-bond donors (Lipinski definition) is 0. The van der Waals surface area contributed by atoms with Crippen molar-refractivity contribution in [2.45, 2.75) is 46.3 Å². The first-order valence-electron chi connectivity index (χ1n) is 12.3. The van der Waals surface area contributed by atoms with Gasteiger partial charge in [-0.05, 0) is 23.6 Å². The second kappa shape index (κ2) is 10.2. The molecule has 0 unspecified atom stereocenters. The minimum atomic E-state index is -0.122. The van der Waals surface area contributed by atoms with Crippen LogP contribution in [0.1, 0.15) is 49.1 Å². The lowest BCUT2D eigenvalue weighted by molar-refractivity contribution is 0.292. The van der Waals surface area contributed by atoms with Crippen LogP contribution in [0.25, 0.3) is 21.9 Å². The maximum atomic E-state index is 13.1. The molecule has 0 saturated carbocycles. The Morgan fingerprint density at radius 2 is 1.61 bits per heavy atom. The van der Waals surface area contributed by atoms with E-state index in [0.29, 0.717) is 41.4 Å². The average Bonchev–Trinajstić information content (AvgIpc) is 2.90. The van der Waals surface area contributed by atoms with Crippen molar-refractivity contribution in [3.05, 3.63) is 112 Å². The van der Waals surface area contributed by atoms with Crippen molar-refractivity contribution < 1.29 is 13.9 Å². The lowest BCUT2D eigenvalue weighted by Crippen LogP contribution is -2.08. The summed E-state index contributed by atoms with van der Waals surface area (Å²) >= 11 is 0. The van der Waals surface area contributed by atoms with Crippen LogP contribution in [-0.2, 0) is 19.6 Å². The largest absolute Gasteiger partial charge is 0.489 e. The standard InChI is InChI=1S/C31H29NO4/c1-4-21-9-5-6-10-23(21)18-35-28-15-25(16-29-30(28)26(33)17-27(36-29)20(2)3)34-19-24-12-7-11-22-13-8-14-32-31(22)24/h5-17,20H,4,18-19H2,1-3H3. The van der Waals surface area contributed by atoms with Crippen molar-refractivity contribution >= 4 is 21.9 Å². The molecule has 182 valence electrons. The van der Waals surface area contributed by atoms with Crippen LogP contribution in [0.5, 0.6) is 11.5 Å². The van der Waals surface area contributed by atoms with E-state index in [4.69, 9.17) is 13.9 Å². The van der Waals surface area contributed by atoms with Crippen molar-refractivity contribution in [2.24, 2.45) is 0 Å². The summed E-state index contributed by atoms with van der Waals surface area (Å²) in [6, 6.07) is 23.3. The van der Waals surface area contributed by atoms with Gasteiger partial charge in [0.15, 0.2) is 5.43 Å². The summed E-state index contributed by atoms with van der Waals surface area (Å²) in [5, 5.41) is 1.48. The number of para-hydroxylation sites is 1. The van der Waals surface area contributed by atoms with E-state index in [1.807, 2.05) is 62.4 Å². The number of ether oxygens (including phenoxy) is 2. The van der Waals surface area contributed by atoms with Gasteiger partial charge < -0.3 is 13.9 Å². The molecule has 0 aliphatic carbocycles. The third-order valence-electron chi connectivity index (χ3n) is 6.35. The molecule has 0 radical (unpaired) electrons. The number of aromatic nitrogens is 1. The molecule has 0 N–H and O–H groups in total. The van der Waals surface area contributed by atoms with Crippen LogP contribution in [0.15, 0.2) is 88.2 Å². The molecule has 36 heavy (non-hydrogen) atoms. The van der Waals surface area contributed by atoms with Gasteiger partial charge in [0, 0.05) is 41.3 Å². The van der Waals surface area contributed by atoms with Crippen LogP contribution in [-0.4, -0.2) is 4.98 Å². The zero-order valence-electron chi connectivity index (χ0n) is 20.8. The van der Waals surface area contributed by atoms with Gasteiger partial charge in [-0.25, -0.2) is 0 Å². The fourth-order valence-corrected chi connectivity index (χ4v) is 4.37. The van der Waals surface area contributed by atoms with Gasteiger partial charge >= 0.3 is 0 Å². The van der Waals surface area contributed by atoms with E-state index in [-0.39, 0.29) is 11.3 Å². The van der Waals surface area contributed by atoms with Crippen LogP contribution in [0.2, 0.25) is 0 Å². The van der Waals surface area contributed by atoms with E-state index in [1.54, 1.807) is 24.4 Å². The highest BCUT2D eigenvalue weighted by Gasteiger charge is 2.16. The SMILES string of the molecule is CCc1ccccc1COc1cc(OCc2cccc3cccnc23)cc2oc(C(C)C)cc(=O)c12. The highest BCUT2D eigenvalue weighted by molar-refractivity contribution is 5.85. The van der Waals surface area contributed by atoms with Gasteiger partial charge in [-0.15, -0.1) is 0 Å². The Balaban J connectivity index is 1.52. The number of pyridine rings is 1. The van der Waals surface area contributed by atoms with Gasteiger partial charge in [0.25, 0.3) is 0 Å². The number of fused-ring (bicyclic) bond motifs is 2. The topological polar surface area (TPSA) is 61.6 Å². The summed E-state index contributed by atoms with van der Waals surface area (Å²) in [5.74, 6) is 1.73. The van der Waals surface area contributed by atoms with Gasteiger partial charge in [-0.2, -0.15) is 0 Å². The van der Waals surface area contributed by atoms with E-state index < -0.39 is 0 Å². The molecule has 0 spiro atoms. The Hall–Kier alpha value is -4.12. The second-order valence-electron chi connectivity index (χ2n) is 9.15. The van der Waals surface area contributed by atoms with Gasteiger partial charge in [0.2, 0.25) is 0 Å². The van der Waals surface area contributed by atoms with Crippen LogP contribution in [0.3, 0.4) is 0 Å². The Bertz CT molecular complexity index is 1580. The Morgan fingerprint density at radius 1 is 0.861 bits per heavy atom. The van der Waals surface area contributed by atoms with Crippen molar-refractivity contribution in [1.29, 1.82) is 0 Å². The molecule has 5 rings (SSSR count). The Labute approximate surface area is 210 Å². The number of rotatable bonds is 8. The van der Waals surface area contributed by atoms with E-state index in [0.717, 1.165) is 28.5 Å². The lowest BCUT2D eigenvalue weighted by Gasteiger charge is -2.15. The molecule has 5 aromatic rings. The number of aryl methyl sites for hydroxylation is 1. The molecule has 0 bridgehead atoms.